The number of furan rings is 1. The first-order chi connectivity index (χ1) is 9.60. The molecule has 4 heteroatoms. The van der Waals surface area contributed by atoms with Gasteiger partial charge in [-0.15, -0.1) is 0 Å². The SMILES string of the molecule is Cc1ccc(NC(=O)C(C#N)Cc2ccco2)cc1C. The Morgan fingerprint density at radius 2 is 2.15 bits per heavy atom. The average Bonchev–Trinajstić information content (AvgIpc) is 2.93. The number of nitriles is 1. The average molecular weight is 268 g/mol. The molecule has 1 heterocycles. The molecule has 102 valence electrons. The number of anilines is 1. The summed E-state index contributed by atoms with van der Waals surface area (Å²) in [7, 11) is 0. The Morgan fingerprint density at radius 1 is 1.35 bits per heavy atom. The van der Waals surface area contributed by atoms with Gasteiger partial charge in [-0.25, -0.2) is 0 Å². The highest BCUT2D eigenvalue weighted by Gasteiger charge is 2.19. The van der Waals surface area contributed by atoms with Crippen molar-refractivity contribution in [1.82, 2.24) is 0 Å². The number of carbonyl (C=O) groups excluding carboxylic acids is 1. The summed E-state index contributed by atoms with van der Waals surface area (Å²) in [5.74, 6) is -0.443. The van der Waals surface area contributed by atoms with Crippen molar-refractivity contribution >= 4 is 11.6 Å². The van der Waals surface area contributed by atoms with Gasteiger partial charge in [0.2, 0.25) is 5.91 Å². The third kappa shape index (κ3) is 3.27. The van der Waals surface area contributed by atoms with Crippen LogP contribution in [0.4, 0.5) is 5.69 Å². The maximum atomic E-state index is 12.1. The molecule has 1 unspecified atom stereocenters. The van der Waals surface area contributed by atoms with Crippen LogP contribution in [0.25, 0.3) is 0 Å². The minimum atomic E-state index is -0.761. The number of carbonyl (C=O) groups is 1. The van der Waals surface area contributed by atoms with Crippen LogP contribution in [0.15, 0.2) is 41.0 Å². The topological polar surface area (TPSA) is 66.0 Å². The molecule has 1 aromatic carbocycles. The van der Waals surface area contributed by atoms with Gasteiger partial charge in [-0.1, -0.05) is 6.07 Å². The summed E-state index contributed by atoms with van der Waals surface area (Å²) in [6.07, 6.45) is 1.81. The molecule has 0 saturated heterocycles. The smallest absolute Gasteiger partial charge is 0.242 e. The lowest BCUT2D eigenvalue weighted by Crippen LogP contribution is -2.23. The molecule has 4 nitrogen and oxygen atoms in total. The van der Waals surface area contributed by atoms with E-state index in [-0.39, 0.29) is 12.3 Å². The van der Waals surface area contributed by atoms with Crippen LogP contribution in [0.1, 0.15) is 16.9 Å². The Labute approximate surface area is 118 Å². The molecule has 1 N–H and O–H groups in total. The Morgan fingerprint density at radius 3 is 2.75 bits per heavy atom. The first-order valence-corrected chi connectivity index (χ1v) is 6.40. The molecular weight excluding hydrogens is 252 g/mol. The lowest BCUT2D eigenvalue weighted by Gasteiger charge is -2.10. The quantitative estimate of drug-likeness (QED) is 0.925. The molecule has 0 radical (unpaired) electrons. The van der Waals surface area contributed by atoms with Crippen LogP contribution < -0.4 is 5.32 Å². The lowest BCUT2D eigenvalue weighted by atomic mass is 10.0. The number of hydrogen-bond donors (Lipinski definition) is 1. The zero-order valence-electron chi connectivity index (χ0n) is 11.5. The third-order valence-corrected chi connectivity index (χ3v) is 3.23. The van der Waals surface area contributed by atoms with E-state index >= 15 is 0 Å². The van der Waals surface area contributed by atoms with Gasteiger partial charge in [-0.3, -0.25) is 4.79 Å². The molecule has 20 heavy (non-hydrogen) atoms. The van der Waals surface area contributed by atoms with Crippen molar-refractivity contribution in [1.29, 1.82) is 5.26 Å². The standard InChI is InChI=1S/C16H16N2O2/c1-11-5-6-14(8-12(11)2)18-16(19)13(10-17)9-15-4-3-7-20-15/h3-8,13H,9H2,1-2H3,(H,18,19). The monoisotopic (exact) mass is 268 g/mol. The lowest BCUT2D eigenvalue weighted by molar-refractivity contribution is -0.118. The van der Waals surface area contributed by atoms with E-state index in [4.69, 9.17) is 9.68 Å². The van der Waals surface area contributed by atoms with Gasteiger partial charge in [-0.05, 0) is 49.2 Å². The highest BCUT2D eigenvalue weighted by molar-refractivity contribution is 5.94. The number of hydrogen-bond acceptors (Lipinski definition) is 3. The Balaban J connectivity index is 2.05. The van der Waals surface area contributed by atoms with Crippen LogP contribution >= 0.6 is 0 Å². The minimum Gasteiger partial charge on any atom is -0.469 e. The Kier molecular flexibility index (Phi) is 4.21. The van der Waals surface area contributed by atoms with Gasteiger partial charge in [0.05, 0.1) is 12.3 Å². The molecule has 0 bridgehead atoms. The Bertz CT molecular complexity index is 639. The van der Waals surface area contributed by atoms with Crippen LogP contribution in [0.5, 0.6) is 0 Å². The summed E-state index contributed by atoms with van der Waals surface area (Å²) < 4.78 is 5.17. The minimum absolute atomic E-state index is 0.278. The van der Waals surface area contributed by atoms with Crippen molar-refractivity contribution in [3.8, 4) is 6.07 Å². The zero-order chi connectivity index (χ0) is 14.5. The fraction of sp³-hybridized carbons (Fsp3) is 0.250. The molecule has 0 saturated carbocycles. The molecule has 2 rings (SSSR count). The Hall–Kier alpha value is -2.54. The van der Waals surface area contributed by atoms with Gasteiger partial charge in [0.1, 0.15) is 11.7 Å². The van der Waals surface area contributed by atoms with Gasteiger partial charge < -0.3 is 9.73 Å². The van der Waals surface area contributed by atoms with E-state index in [0.29, 0.717) is 11.4 Å². The largest absolute Gasteiger partial charge is 0.469 e. The molecule has 1 atom stereocenters. The molecule has 0 aliphatic carbocycles. The van der Waals surface area contributed by atoms with Crippen molar-refractivity contribution in [2.24, 2.45) is 5.92 Å². The van der Waals surface area contributed by atoms with Crippen molar-refractivity contribution in [3.63, 3.8) is 0 Å². The normalized spacial score (nSPS) is 11.7. The van der Waals surface area contributed by atoms with Crippen molar-refractivity contribution < 1.29 is 9.21 Å². The number of nitrogens with one attached hydrogen (secondary N) is 1. The van der Waals surface area contributed by atoms with E-state index in [2.05, 4.69) is 5.32 Å². The molecule has 0 aliphatic heterocycles. The first kappa shape index (κ1) is 13.9. The maximum absolute atomic E-state index is 12.1. The summed E-state index contributed by atoms with van der Waals surface area (Å²) in [5.41, 5.74) is 2.97. The fourth-order valence-electron chi connectivity index (χ4n) is 1.88. The molecule has 0 spiro atoms. The summed E-state index contributed by atoms with van der Waals surface area (Å²) in [4.78, 5) is 12.1. The summed E-state index contributed by atoms with van der Waals surface area (Å²) in [5, 5.41) is 11.9. The second-order valence-corrected chi connectivity index (χ2v) is 4.75. The number of amides is 1. The second kappa shape index (κ2) is 6.07. The number of rotatable bonds is 4. The number of aryl methyl sites for hydroxylation is 2. The molecule has 1 aromatic heterocycles. The van der Waals surface area contributed by atoms with Crippen LogP contribution in [0.2, 0.25) is 0 Å². The second-order valence-electron chi connectivity index (χ2n) is 4.75. The van der Waals surface area contributed by atoms with Crippen molar-refractivity contribution in [2.75, 3.05) is 5.32 Å². The summed E-state index contributed by atoms with van der Waals surface area (Å²) >= 11 is 0. The number of benzene rings is 1. The maximum Gasteiger partial charge on any atom is 0.242 e. The van der Waals surface area contributed by atoms with E-state index in [0.717, 1.165) is 11.1 Å². The van der Waals surface area contributed by atoms with Gasteiger partial charge in [0.25, 0.3) is 0 Å². The van der Waals surface area contributed by atoms with E-state index in [1.54, 1.807) is 12.1 Å². The third-order valence-electron chi connectivity index (χ3n) is 3.23. The van der Waals surface area contributed by atoms with E-state index in [9.17, 15) is 4.79 Å². The van der Waals surface area contributed by atoms with Crippen LogP contribution in [0.3, 0.4) is 0 Å². The molecule has 0 fully saturated rings. The molecule has 0 aliphatic rings. The van der Waals surface area contributed by atoms with Gasteiger partial charge in [-0.2, -0.15) is 5.26 Å². The predicted molar refractivity (Wildman–Crippen MR) is 76.1 cm³/mol. The van der Waals surface area contributed by atoms with Crippen LogP contribution in [-0.4, -0.2) is 5.91 Å². The van der Waals surface area contributed by atoms with E-state index in [1.165, 1.54) is 6.26 Å². The molecular formula is C16H16N2O2. The van der Waals surface area contributed by atoms with Crippen molar-refractivity contribution in [3.05, 3.63) is 53.5 Å². The first-order valence-electron chi connectivity index (χ1n) is 6.40. The predicted octanol–water partition coefficient (Wildman–Crippen LogP) is 3.22. The van der Waals surface area contributed by atoms with Gasteiger partial charge in [0.15, 0.2) is 0 Å². The zero-order valence-corrected chi connectivity index (χ0v) is 11.5. The highest BCUT2D eigenvalue weighted by atomic mass is 16.3. The fourth-order valence-corrected chi connectivity index (χ4v) is 1.88. The van der Waals surface area contributed by atoms with Crippen LogP contribution in [0, 0.1) is 31.1 Å². The van der Waals surface area contributed by atoms with E-state index in [1.807, 2.05) is 38.1 Å². The summed E-state index contributed by atoms with van der Waals surface area (Å²) in [6.45, 7) is 3.99. The molecule has 1 amide bonds. The van der Waals surface area contributed by atoms with Crippen molar-refractivity contribution in [2.45, 2.75) is 20.3 Å². The molecule has 2 aromatic rings. The number of nitrogens with zero attached hydrogens (tertiary/aromatic N) is 1. The highest BCUT2D eigenvalue weighted by Crippen LogP contribution is 2.16. The van der Waals surface area contributed by atoms with Gasteiger partial charge in [0, 0.05) is 12.1 Å². The van der Waals surface area contributed by atoms with E-state index < -0.39 is 5.92 Å². The van der Waals surface area contributed by atoms with Crippen LogP contribution in [-0.2, 0) is 11.2 Å². The van der Waals surface area contributed by atoms with Gasteiger partial charge >= 0.3 is 0 Å². The summed E-state index contributed by atoms with van der Waals surface area (Å²) in [6, 6.07) is 11.2.